The maximum atomic E-state index is 6.90. The lowest BCUT2D eigenvalue weighted by Crippen LogP contribution is -1.76. The van der Waals surface area contributed by atoms with Gasteiger partial charge in [0.25, 0.3) is 0 Å². The highest BCUT2D eigenvalue weighted by Gasteiger charge is 2.01. The number of aromatic nitrogens is 2. The van der Waals surface area contributed by atoms with E-state index in [2.05, 4.69) is 15.0 Å². The Balaban J connectivity index is 2.47. The van der Waals surface area contributed by atoms with Gasteiger partial charge in [-0.3, -0.25) is 5.10 Å². The molecule has 0 fully saturated rings. The molecule has 3 nitrogen and oxygen atoms in total. The largest absolute Gasteiger partial charge is 0.282 e. The number of aromatic amines is 1. The predicted molar refractivity (Wildman–Crippen MR) is 55.0 cm³/mol. The molecular weight excluding hydrogens is 174 g/mol. The van der Waals surface area contributed by atoms with Crippen molar-refractivity contribution in [2.75, 3.05) is 0 Å². The summed E-state index contributed by atoms with van der Waals surface area (Å²) in [7, 11) is 0. The third kappa shape index (κ3) is 1.50. The van der Waals surface area contributed by atoms with Crippen molar-refractivity contribution in [2.24, 2.45) is 0 Å². The first-order valence-corrected chi connectivity index (χ1v) is 4.29. The van der Waals surface area contributed by atoms with Crippen LogP contribution in [0.1, 0.15) is 5.69 Å². The van der Waals surface area contributed by atoms with Gasteiger partial charge in [-0.25, -0.2) is 4.85 Å². The maximum absolute atomic E-state index is 6.90. The summed E-state index contributed by atoms with van der Waals surface area (Å²) in [6.07, 6.45) is 0. The Bertz CT molecular complexity index is 491. The van der Waals surface area contributed by atoms with E-state index in [1.54, 1.807) is 6.07 Å². The summed E-state index contributed by atoms with van der Waals surface area (Å²) in [5.41, 5.74) is 3.52. The van der Waals surface area contributed by atoms with Crippen LogP contribution < -0.4 is 0 Å². The summed E-state index contributed by atoms with van der Waals surface area (Å²) in [6.45, 7) is 8.86. The third-order valence-electron chi connectivity index (χ3n) is 1.98. The summed E-state index contributed by atoms with van der Waals surface area (Å²) in [5.74, 6) is 0. The van der Waals surface area contributed by atoms with Gasteiger partial charge >= 0.3 is 0 Å². The van der Waals surface area contributed by atoms with Crippen molar-refractivity contribution < 1.29 is 0 Å². The highest BCUT2D eigenvalue weighted by molar-refractivity contribution is 5.65. The highest BCUT2D eigenvalue weighted by Crippen LogP contribution is 2.22. The Kier molecular flexibility index (Phi) is 2.04. The molecule has 0 saturated heterocycles. The van der Waals surface area contributed by atoms with E-state index in [9.17, 15) is 0 Å². The van der Waals surface area contributed by atoms with Crippen molar-refractivity contribution >= 4 is 5.69 Å². The number of nitrogens with zero attached hydrogens (tertiary/aromatic N) is 2. The van der Waals surface area contributed by atoms with Crippen molar-refractivity contribution in [3.63, 3.8) is 0 Å². The molecule has 0 spiro atoms. The van der Waals surface area contributed by atoms with E-state index in [-0.39, 0.29) is 0 Å². The molecule has 0 unspecified atom stereocenters. The van der Waals surface area contributed by atoms with Gasteiger partial charge in [0, 0.05) is 5.69 Å². The van der Waals surface area contributed by atoms with Gasteiger partial charge < -0.3 is 0 Å². The van der Waals surface area contributed by atoms with Gasteiger partial charge in [0.2, 0.25) is 0 Å². The van der Waals surface area contributed by atoms with Crippen LogP contribution in [0.4, 0.5) is 5.69 Å². The van der Waals surface area contributed by atoms with E-state index in [0.717, 1.165) is 17.0 Å². The molecule has 1 aromatic carbocycles. The smallest absolute Gasteiger partial charge is 0.187 e. The number of nitrogens with one attached hydrogen (secondary N) is 1. The third-order valence-corrected chi connectivity index (χ3v) is 1.98. The Hall–Kier alpha value is -2.08. The van der Waals surface area contributed by atoms with Crippen LogP contribution in [0.3, 0.4) is 0 Å². The predicted octanol–water partition coefficient (Wildman–Crippen LogP) is 2.94. The van der Waals surface area contributed by atoms with E-state index < -0.39 is 0 Å². The molecule has 1 N–H and O–H groups in total. The molecule has 1 heterocycles. The first-order chi connectivity index (χ1) is 6.79. The number of H-pyrrole nitrogens is 1. The van der Waals surface area contributed by atoms with Crippen LogP contribution in [-0.2, 0) is 0 Å². The molecule has 0 bridgehead atoms. The quantitative estimate of drug-likeness (QED) is 0.677. The van der Waals surface area contributed by atoms with Gasteiger partial charge in [-0.05, 0) is 24.6 Å². The average molecular weight is 183 g/mol. The van der Waals surface area contributed by atoms with E-state index in [4.69, 9.17) is 6.57 Å². The molecule has 68 valence electrons. The Morgan fingerprint density at radius 2 is 2.21 bits per heavy atom. The number of aryl methyl sites for hydroxylation is 1. The van der Waals surface area contributed by atoms with Crippen molar-refractivity contribution in [3.05, 3.63) is 47.4 Å². The normalized spacial score (nSPS) is 9.71. The molecule has 3 heteroatoms. The fourth-order valence-corrected chi connectivity index (χ4v) is 1.30. The fourth-order valence-electron chi connectivity index (χ4n) is 1.30. The molecule has 0 aliphatic carbocycles. The van der Waals surface area contributed by atoms with Crippen LogP contribution in [0, 0.1) is 13.5 Å². The van der Waals surface area contributed by atoms with Crippen molar-refractivity contribution in [1.82, 2.24) is 10.2 Å². The zero-order valence-corrected chi connectivity index (χ0v) is 7.78. The molecule has 0 aliphatic heterocycles. The summed E-state index contributed by atoms with van der Waals surface area (Å²) < 4.78 is 0. The van der Waals surface area contributed by atoms with Gasteiger partial charge in [-0.15, -0.1) is 0 Å². The maximum Gasteiger partial charge on any atom is 0.187 e. The van der Waals surface area contributed by atoms with E-state index in [1.807, 2.05) is 31.2 Å². The fraction of sp³-hybridized carbons (Fsp3) is 0.0909. The first kappa shape index (κ1) is 8.52. The van der Waals surface area contributed by atoms with Crippen molar-refractivity contribution in [2.45, 2.75) is 6.92 Å². The molecular formula is C11H9N3. The molecule has 0 amide bonds. The first-order valence-electron chi connectivity index (χ1n) is 4.29. The van der Waals surface area contributed by atoms with Gasteiger partial charge in [-0.2, -0.15) is 5.10 Å². The van der Waals surface area contributed by atoms with Crippen LogP contribution >= 0.6 is 0 Å². The average Bonchev–Trinajstić information content (AvgIpc) is 2.65. The van der Waals surface area contributed by atoms with Gasteiger partial charge in [-0.1, -0.05) is 18.2 Å². The van der Waals surface area contributed by atoms with Crippen LogP contribution in [0.2, 0.25) is 0 Å². The number of hydrogen-bond donors (Lipinski definition) is 1. The minimum atomic E-state index is 0.642. The lowest BCUT2D eigenvalue weighted by molar-refractivity contribution is 1.05. The second-order valence-electron chi connectivity index (χ2n) is 3.10. The van der Waals surface area contributed by atoms with Crippen LogP contribution in [-0.4, -0.2) is 10.2 Å². The molecule has 0 radical (unpaired) electrons. The number of hydrogen-bond acceptors (Lipinski definition) is 1. The number of rotatable bonds is 1. The Labute approximate surface area is 82.2 Å². The molecule has 0 atom stereocenters. The molecule has 1 aromatic heterocycles. The van der Waals surface area contributed by atoms with Gasteiger partial charge in [0.15, 0.2) is 5.69 Å². The molecule has 14 heavy (non-hydrogen) atoms. The molecule has 0 saturated carbocycles. The standard InChI is InChI=1S/C11H9N3/c1-8-6-11(14-13-8)9-4-3-5-10(7-9)12-2/h3-7H,1H3,(H,13,14). The topological polar surface area (TPSA) is 33.0 Å². The van der Waals surface area contributed by atoms with E-state index in [1.165, 1.54) is 0 Å². The Morgan fingerprint density at radius 1 is 1.36 bits per heavy atom. The second kappa shape index (κ2) is 3.35. The van der Waals surface area contributed by atoms with Crippen LogP contribution in [0.25, 0.3) is 16.1 Å². The number of benzene rings is 1. The van der Waals surface area contributed by atoms with Crippen LogP contribution in [0.5, 0.6) is 0 Å². The summed E-state index contributed by atoms with van der Waals surface area (Å²) >= 11 is 0. The van der Waals surface area contributed by atoms with E-state index >= 15 is 0 Å². The summed E-state index contributed by atoms with van der Waals surface area (Å²) in [5, 5.41) is 7.01. The monoisotopic (exact) mass is 183 g/mol. The molecule has 0 aliphatic rings. The van der Waals surface area contributed by atoms with Crippen molar-refractivity contribution in [3.8, 4) is 11.3 Å². The minimum absolute atomic E-state index is 0.642. The second-order valence-corrected chi connectivity index (χ2v) is 3.10. The molecule has 2 aromatic rings. The van der Waals surface area contributed by atoms with Crippen LogP contribution in [0.15, 0.2) is 30.3 Å². The SMILES string of the molecule is [C-]#[N+]c1cccc(-c2cc(C)[nH]n2)c1. The zero-order chi connectivity index (χ0) is 9.97. The van der Waals surface area contributed by atoms with Gasteiger partial charge in [0.1, 0.15) is 0 Å². The van der Waals surface area contributed by atoms with E-state index in [0.29, 0.717) is 5.69 Å². The lowest BCUT2D eigenvalue weighted by Gasteiger charge is -1.95. The Morgan fingerprint density at radius 3 is 2.86 bits per heavy atom. The van der Waals surface area contributed by atoms with Crippen molar-refractivity contribution in [1.29, 1.82) is 0 Å². The highest BCUT2D eigenvalue weighted by atomic mass is 15.1. The summed E-state index contributed by atoms with van der Waals surface area (Å²) in [6, 6.07) is 9.40. The minimum Gasteiger partial charge on any atom is -0.282 e. The summed E-state index contributed by atoms with van der Waals surface area (Å²) in [4.78, 5) is 3.38. The zero-order valence-electron chi connectivity index (χ0n) is 7.78. The lowest BCUT2D eigenvalue weighted by atomic mass is 10.1. The molecule has 2 rings (SSSR count). The van der Waals surface area contributed by atoms with Gasteiger partial charge in [0.05, 0.1) is 12.3 Å².